The second-order valence-electron chi connectivity index (χ2n) is 8.81. The zero-order valence-electron chi connectivity index (χ0n) is 18.6. The predicted octanol–water partition coefficient (Wildman–Crippen LogP) is 2.01. The molecule has 0 radical (unpaired) electrons. The highest BCUT2D eigenvalue weighted by molar-refractivity contribution is 5.93. The average Bonchev–Trinajstić information content (AvgIpc) is 3.48. The third-order valence-electron chi connectivity index (χ3n) is 5.82. The zero-order valence-corrected chi connectivity index (χ0v) is 18.6. The Morgan fingerprint density at radius 2 is 2.13 bits per heavy atom. The Hall–Kier alpha value is -1.97. The first-order valence-corrected chi connectivity index (χ1v) is 10.9. The van der Waals surface area contributed by atoms with Gasteiger partial charge in [0.2, 0.25) is 5.88 Å². The fourth-order valence-electron chi connectivity index (χ4n) is 3.80. The van der Waals surface area contributed by atoms with Gasteiger partial charge in [0, 0.05) is 26.8 Å². The van der Waals surface area contributed by atoms with Crippen LogP contribution in [0.3, 0.4) is 0 Å². The molecule has 0 aromatic carbocycles. The molecule has 1 aliphatic heterocycles. The summed E-state index contributed by atoms with van der Waals surface area (Å²) in [6.07, 6.45) is 1.78. The molecule has 174 valence electrons. The van der Waals surface area contributed by atoms with Gasteiger partial charge in [-0.15, -0.1) is 0 Å². The molecular formula is C22H34FN3O5. The maximum atomic E-state index is 12.8. The van der Waals surface area contributed by atoms with Crippen LogP contribution in [0.2, 0.25) is 0 Å². The SMILES string of the molecule is COC1CN(c2ccc(C(=O)NC(COCF)CC(C)C)nc2OC[C@H]2C[C@@H]2CO)C1. The largest absolute Gasteiger partial charge is 0.476 e. The summed E-state index contributed by atoms with van der Waals surface area (Å²) in [5.74, 6) is 0.979. The zero-order chi connectivity index (χ0) is 22.4. The number of carbonyl (C=O) groups excluding carboxylic acids is 1. The summed E-state index contributed by atoms with van der Waals surface area (Å²) < 4.78 is 28.6. The van der Waals surface area contributed by atoms with Crippen LogP contribution in [0.5, 0.6) is 5.88 Å². The van der Waals surface area contributed by atoms with Crippen LogP contribution in [-0.4, -0.2) is 75.0 Å². The van der Waals surface area contributed by atoms with Gasteiger partial charge in [-0.25, -0.2) is 9.37 Å². The summed E-state index contributed by atoms with van der Waals surface area (Å²) in [6, 6.07) is 3.21. The van der Waals surface area contributed by atoms with E-state index in [0.29, 0.717) is 30.7 Å². The molecule has 1 saturated heterocycles. The predicted molar refractivity (Wildman–Crippen MR) is 114 cm³/mol. The minimum absolute atomic E-state index is 0.109. The van der Waals surface area contributed by atoms with Crippen molar-refractivity contribution in [3.8, 4) is 5.88 Å². The van der Waals surface area contributed by atoms with Crippen molar-refractivity contribution in [3.63, 3.8) is 0 Å². The summed E-state index contributed by atoms with van der Waals surface area (Å²) in [5.41, 5.74) is 1.07. The number of rotatable bonds is 13. The molecule has 1 aliphatic carbocycles. The summed E-state index contributed by atoms with van der Waals surface area (Å²) in [5, 5.41) is 12.2. The number of nitrogens with one attached hydrogen (secondary N) is 1. The molecule has 1 aromatic rings. The first-order chi connectivity index (χ1) is 14.9. The molecule has 8 nitrogen and oxygen atoms in total. The summed E-state index contributed by atoms with van der Waals surface area (Å²) in [7, 11) is 1.69. The number of halogens is 1. The molecule has 1 amide bonds. The molecule has 1 unspecified atom stereocenters. The lowest BCUT2D eigenvalue weighted by atomic mass is 10.0. The lowest BCUT2D eigenvalue weighted by Gasteiger charge is -2.40. The van der Waals surface area contributed by atoms with Crippen LogP contribution in [0.4, 0.5) is 10.1 Å². The Morgan fingerprint density at radius 3 is 2.74 bits per heavy atom. The topological polar surface area (TPSA) is 93.2 Å². The van der Waals surface area contributed by atoms with Gasteiger partial charge < -0.3 is 29.5 Å². The number of hydrogen-bond donors (Lipinski definition) is 2. The molecule has 1 saturated carbocycles. The van der Waals surface area contributed by atoms with Crippen LogP contribution in [0, 0.1) is 17.8 Å². The number of methoxy groups -OCH3 is 1. The number of amides is 1. The number of ether oxygens (including phenoxy) is 3. The highest BCUT2D eigenvalue weighted by atomic mass is 19.1. The highest BCUT2D eigenvalue weighted by Crippen LogP contribution is 2.39. The van der Waals surface area contributed by atoms with E-state index in [4.69, 9.17) is 14.2 Å². The number of aromatic nitrogens is 1. The van der Waals surface area contributed by atoms with Crippen molar-refractivity contribution in [1.82, 2.24) is 10.3 Å². The minimum Gasteiger partial charge on any atom is -0.476 e. The molecular weight excluding hydrogens is 405 g/mol. The third-order valence-corrected chi connectivity index (χ3v) is 5.82. The number of aliphatic hydroxyl groups is 1. The summed E-state index contributed by atoms with van der Waals surface area (Å²) in [4.78, 5) is 19.4. The molecule has 2 heterocycles. The van der Waals surface area contributed by atoms with E-state index in [1.165, 1.54) is 0 Å². The van der Waals surface area contributed by atoms with Gasteiger partial charge in [0.1, 0.15) is 11.4 Å². The third kappa shape index (κ3) is 6.51. The van der Waals surface area contributed by atoms with Gasteiger partial charge in [-0.1, -0.05) is 13.8 Å². The van der Waals surface area contributed by atoms with Gasteiger partial charge in [-0.2, -0.15) is 0 Å². The van der Waals surface area contributed by atoms with Crippen LogP contribution < -0.4 is 15.0 Å². The van der Waals surface area contributed by atoms with Crippen molar-refractivity contribution in [2.75, 3.05) is 51.8 Å². The van der Waals surface area contributed by atoms with Crippen molar-refractivity contribution >= 4 is 11.6 Å². The van der Waals surface area contributed by atoms with Crippen LogP contribution in [-0.2, 0) is 9.47 Å². The quantitative estimate of drug-likeness (QED) is 0.486. The lowest BCUT2D eigenvalue weighted by molar-refractivity contribution is 0.0385. The lowest BCUT2D eigenvalue weighted by Crippen LogP contribution is -2.52. The van der Waals surface area contributed by atoms with E-state index in [1.54, 1.807) is 13.2 Å². The van der Waals surface area contributed by atoms with Gasteiger partial charge in [0.15, 0.2) is 6.86 Å². The number of nitrogens with zero attached hydrogens (tertiary/aromatic N) is 2. The van der Waals surface area contributed by atoms with Gasteiger partial charge in [-0.3, -0.25) is 4.79 Å². The Morgan fingerprint density at radius 1 is 1.35 bits per heavy atom. The van der Waals surface area contributed by atoms with Gasteiger partial charge >= 0.3 is 0 Å². The van der Waals surface area contributed by atoms with Gasteiger partial charge in [0.25, 0.3) is 5.91 Å². The minimum atomic E-state index is -0.885. The second kappa shape index (κ2) is 11.1. The average molecular weight is 440 g/mol. The number of carbonyl (C=O) groups is 1. The van der Waals surface area contributed by atoms with Crippen molar-refractivity contribution in [3.05, 3.63) is 17.8 Å². The number of alkyl halides is 1. The fraction of sp³-hybridized carbons (Fsp3) is 0.727. The maximum Gasteiger partial charge on any atom is 0.270 e. The standard InChI is InChI=1S/C22H34FN3O5/c1-14(2)6-17(12-30-13-23)24-21(28)19-4-5-20(26-8-18(9-26)29-3)22(25-19)31-11-16-7-15(16)10-27/h4-5,14-18,27H,6-13H2,1-3H3,(H,24,28)/t15-,16-,17?/m1/s1. The molecule has 0 bridgehead atoms. The van der Waals surface area contributed by atoms with E-state index >= 15 is 0 Å². The van der Waals surface area contributed by atoms with E-state index < -0.39 is 6.86 Å². The summed E-state index contributed by atoms with van der Waals surface area (Å²) in [6.45, 7) is 5.38. The Balaban J connectivity index is 1.70. The summed E-state index contributed by atoms with van der Waals surface area (Å²) >= 11 is 0. The number of hydrogen-bond acceptors (Lipinski definition) is 7. The number of aliphatic hydroxyl groups excluding tert-OH is 1. The fourth-order valence-corrected chi connectivity index (χ4v) is 3.80. The Labute approximate surface area is 183 Å². The van der Waals surface area contributed by atoms with Crippen molar-refractivity contribution in [2.45, 2.75) is 38.8 Å². The van der Waals surface area contributed by atoms with Crippen LogP contribution in [0.1, 0.15) is 37.2 Å². The van der Waals surface area contributed by atoms with E-state index in [2.05, 4.69) is 15.2 Å². The monoisotopic (exact) mass is 439 g/mol. The normalized spacial score (nSPS) is 21.7. The highest BCUT2D eigenvalue weighted by Gasteiger charge is 2.37. The van der Waals surface area contributed by atoms with Crippen LogP contribution in [0.15, 0.2) is 12.1 Å². The smallest absolute Gasteiger partial charge is 0.270 e. The maximum absolute atomic E-state index is 12.8. The number of pyridine rings is 1. The molecule has 1 aromatic heterocycles. The Kier molecular flexibility index (Phi) is 8.45. The van der Waals surface area contributed by atoms with Crippen molar-refractivity contribution < 1.29 is 28.5 Å². The van der Waals surface area contributed by atoms with E-state index in [0.717, 1.165) is 25.2 Å². The van der Waals surface area contributed by atoms with E-state index in [9.17, 15) is 14.3 Å². The van der Waals surface area contributed by atoms with E-state index in [1.807, 2.05) is 19.9 Å². The second-order valence-corrected chi connectivity index (χ2v) is 8.81. The first kappa shape index (κ1) is 23.7. The Bertz CT molecular complexity index is 729. The molecule has 2 N–H and O–H groups in total. The molecule has 0 spiro atoms. The van der Waals surface area contributed by atoms with Crippen LogP contribution >= 0.6 is 0 Å². The van der Waals surface area contributed by atoms with Crippen molar-refractivity contribution in [2.24, 2.45) is 17.8 Å². The molecule has 3 atom stereocenters. The molecule has 2 fully saturated rings. The molecule has 3 rings (SSSR count). The molecule has 2 aliphatic rings. The number of anilines is 1. The van der Waals surface area contributed by atoms with Gasteiger partial charge in [0.05, 0.1) is 25.4 Å². The van der Waals surface area contributed by atoms with Gasteiger partial charge in [-0.05, 0) is 42.7 Å². The van der Waals surface area contributed by atoms with Crippen LogP contribution in [0.25, 0.3) is 0 Å². The molecule has 9 heteroatoms. The first-order valence-electron chi connectivity index (χ1n) is 10.9. The van der Waals surface area contributed by atoms with E-state index in [-0.39, 0.29) is 42.9 Å². The van der Waals surface area contributed by atoms with Crippen molar-refractivity contribution in [1.29, 1.82) is 0 Å². The molecule has 31 heavy (non-hydrogen) atoms.